The number of carbonyl (C=O) groups is 4. The van der Waals surface area contributed by atoms with Crippen LogP contribution in [0.4, 0.5) is 9.59 Å². The minimum absolute atomic E-state index is 0.120. The first-order chi connectivity index (χ1) is 27.9. The van der Waals surface area contributed by atoms with Gasteiger partial charge in [-0.2, -0.15) is 0 Å². The van der Waals surface area contributed by atoms with Crippen LogP contribution in [0, 0.1) is 11.8 Å². The Morgan fingerprint density at radius 3 is 2.07 bits per heavy atom. The van der Waals surface area contributed by atoms with E-state index in [1.54, 1.807) is 11.1 Å². The van der Waals surface area contributed by atoms with Crippen molar-refractivity contribution in [2.24, 2.45) is 11.8 Å². The Morgan fingerprint density at radius 1 is 0.759 bits per heavy atom. The molecule has 0 aliphatic carbocycles. The minimum atomic E-state index is -0.732. The molecule has 0 radical (unpaired) electrons. The number of nitrogens with one attached hydrogen (secondary N) is 4. The second kappa shape index (κ2) is 15.6. The Morgan fingerprint density at radius 2 is 1.41 bits per heavy atom. The van der Waals surface area contributed by atoms with Crippen molar-refractivity contribution < 1.29 is 28.7 Å². The predicted molar refractivity (Wildman–Crippen MR) is 217 cm³/mol. The lowest BCUT2D eigenvalue weighted by Gasteiger charge is -2.29. The molecule has 4 atom stereocenters. The zero-order chi connectivity index (χ0) is 40.8. The number of aromatic amines is 2. The van der Waals surface area contributed by atoms with Gasteiger partial charge in [-0.1, -0.05) is 45.9 Å². The summed E-state index contributed by atoms with van der Waals surface area (Å²) in [4.78, 5) is 81.4. The zero-order valence-corrected chi connectivity index (χ0v) is 33.5. The lowest BCUT2D eigenvalue weighted by molar-refractivity contribution is -0.136. The number of pyridine rings is 2. The number of ether oxygens (including phenoxy) is 2. The monoisotopic (exact) mass is 788 g/mol. The standard InChI is InChI=1S/C42H48N10O6/c1-21(2)32(48-41(55)57-5)39(53)51-15-7-9-30(51)36-45-28-14-12-23-17-24(11-13-26(23)34(28)46-36)29-18-25-19-44-38-35(27(25)20-43-29)47-37(50-38)31-10-8-16-52(31)40(54)33(22(3)4)49-42(56)58-6/h11-14,17-22,30-33,43H,7-10,15-16H2,1-6H3,(H,45,46)(H,48,55)(H,49,56)/t30-,31-,32-,33-/m0/s1. The lowest BCUT2D eigenvalue weighted by Crippen LogP contribution is -2.51. The molecule has 16 heteroatoms. The summed E-state index contributed by atoms with van der Waals surface area (Å²) in [5.74, 6) is 0.667. The highest BCUT2D eigenvalue weighted by Crippen LogP contribution is 2.37. The van der Waals surface area contributed by atoms with Crippen molar-refractivity contribution in [3.05, 3.63) is 60.4 Å². The number of nitrogens with zero attached hydrogens (tertiary/aromatic N) is 6. The van der Waals surface area contributed by atoms with Crippen molar-refractivity contribution in [2.45, 2.75) is 77.5 Å². The van der Waals surface area contributed by atoms with Gasteiger partial charge in [-0.05, 0) is 66.7 Å². The third kappa shape index (κ3) is 7.00. The molecule has 0 saturated carbocycles. The first-order valence-corrected chi connectivity index (χ1v) is 19.8. The van der Waals surface area contributed by atoms with Crippen molar-refractivity contribution in [3.63, 3.8) is 0 Å². The molecule has 6 heterocycles. The van der Waals surface area contributed by atoms with E-state index in [1.165, 1.54) is 14.2 Å². The van der Waals surface area contributed by atoms with E-state index < -0.39 is 24.3 Å². The molecule has 0 unspecified atom stereocenters. The van der Waals surface area contributed by atoms with Crippen LogP contribution in [0.3, 0.4) is 0 Å². The quantitative estimate of drug-likeness (QED) is 0.129. The van der Waals surface area contributed by atoms with E-state index in [4.69, 9.17) is 24.4 Å². The minimum Gasteiger partial charge on any atom is -0.453 e. The number of benzene rings is 2. The molecule has 2 fully saturated rings. The summed E-state index contributed by atoms with van der Waals surface area (Å²) in [6.45, 7) is 8.70. The van der Waals surface area contributed by atoms with Gasteiger partial charge in [0.25, 0.3) is 0 Å². The number of imidazole rings is 2. The van der Waals surface area contributed by atoms with E-state index in [9.17, 15) is 19.2 Å². The van der Waals surface area contributed by atoms with E-state index >= 15 is 0 Å². The largest absolute Gasteiger partial charge is 0.453 e. The number of methoxy groups -OCH3 is 2. The zero-order valence-electron chi connectivity index (χ0n) is 33.5. The molecule has 2 aromatic carbocycles. The van der Waals surface area contributed by atoms with Gasteiger partial charge in [0, 0.05) is 47.3 Å². The summed E-state index contributed by atoms with van der Waals surface area (Å²) in [6, 6.07) is 10.4. The van der Waals surface area contributed by atoms with Gasteiger partial charge in [-0.25, -0.2) is 29.5 Å². The van der Waals surface area contributed by atoms with Crippen LogP contribution in [0.1, 0.15) is 77.1 Å². The number of carbonyl (C=O) groups excluding carboxylic acids is 4. The number of rotatable bonds is 9. The van der Waals surface area contributed by atoms with E-state index in [0.717, 1.165) is 68.9 Å². The highest BCUT2D eigenvalue weighted by atomic mass is 16.5. The Balaban J connectivity index is 1.05. The number of hydrogen-bond donors (Lipinski definition) is 4. The van der Waals surface area contributed by atoms with E-state index in [1.807, 2.05) is 50.9 Å². The van der Waals surface area contributed by atoms with Crippen molar-refractivity contribution in [2.75, 3.05) is 27.3 Å². The fourth-order valence-electron chi connectivity index (χ4n) is 8.40. The molecule has 6 aromatic rings. The number of aromatic nitrogens is 6. The lowest BCUT2D eigenvalue weighted by atomic mass is 10.0. The van der Waals surface area contributed by atoms with Crippen molar-refractivity contribution in [3.8, 4) is 11.3 Å². The number of likely N-dealkylation sites (tertiary alicyclic amines) is 2. The van der Waals surface area contributed by atoms with Gasteiger partial charge in [-0.15, -0.1) is 0 Å². The molecule has 2 saturated heterocycles. The van der Waals surface area contributed by atoms with Gasteiger partial charge in [0.2, 0.25) is 11.8 Å². The van der Waals surface area contributed by atoms with Gasteiger partial charge >= 0.3 is 12.2 Å². The molecule has 4 amide bonds. The third-order valence-corrected chi connectivity index (χ3v) is 11.5. The molecule has 58 heavy (non-hydrogen) atoms. The molecule has 0 bridgehead atoms. The second-order valence-corrected chi connectivity index (χ2v) is 15.8. The molecular formula is C42H48N10O6. The molecule has 16 nitrogen and oxygen atoms in total. The SMILES string of the molecule is COC(=O)N[C@H](C(=O)N1CCC[C@H]1c1nc2ncc3cc(-c4ccc5c(ccc6[nH]c([C@@H]7CCCN7C(=O)[C@@H](NC(=O)OC)C(C)C)nc65)c4)[nH]cc3c2n1)C(C)C. The van der Waals surface area contributed by atoms with Crippen LogP contribution in [0.5, 0.6) is 0 Å². The molecule has 0 spiro atoms. The van der Waals surface area contributed by atoms with Crippen molar-refractivity contribution >= 4 is 67.7 Å². The molecular weight excluding hydrogens is 741 g/mol. The maximum Gasteiger partial charge on any atom is 0.407 e. The first-order valence-electron chi connectivity index (χ1n) is 19.8. The molecule has 8 rings (SSSR count). The maximum atomic E-state index is 13.7. The van der Waals surface area contributed by atoms with Crippen LogP contribution >= 0.6 is 0 Å². The first kappa shape index (κ1) is 38.5. The third-order valence-electron chi connectivity index (χ3n) is 11.5. The molecule has 2 aliphatic rings. The number of amides is 4. The van der Waals surface area contributed by atoms with Crippen LogP contribution in [0.25, 0.3) is 55.0 Å². The van der Waals surface area contributed by atoms with Gasteiger partial charge in [0.1, 0.15) is 23.4 Å². The Bertz CT molecular complexity index is 2390. The van der Waals surface area contributed by atoms with Crippen LogP contribution in [-0.4, -0.2) is 103 Å². The van der Waals surface area contributed by atoms with Gasteiger partial charge < -0.3 is 39.9 Å². The highest BCUT2D eigenvalue weighted by Gasteiger charge is 2.39. The van der Waals surface area contributed by atoms with E-state index in [0.29, 0.717) is 36.5 Å². The summed E-state index contributed by atoms with van der Waals surface area (Å²) in [7, 11) is 2.57. The van der Waals surface area contributed by atoms with Crippen LogP contribution in [0.15, 0.2) is 48.8 Å². The average Bonchev–Trinajstić information content (AvgIpc) is 4.06. The van der Waals surface area contributed by atoms with E-state index in [-0.39, 0.29) is 35.7 Å². The summed E-state index contributed by atoms with van der Waals surface area (Å²) < 4.78 is 9.56. The van der Waals surface area contributed by atoms with Crippen LogP contribution in [0.2, 0.25) is 0 Å². The fraction of sp³-hybridized carbons (Fsp3) is 0.429. The summed E-state index contributed by atoms with van der Waals surface area (Å²) in [5.41, 5.74) is 4.74. The average molecular weight is 789 g/mol. The molecule has 4 N–H and O–H groups in total. The van der Waals surface area contributed by atoms with E-state index in [2.05, 4.69) is 49.9 Å². The highest BCUT2D eigenvalue weighted by molar-refractivity contribution is 6.06. The van der Waals surface area contributed by atoms with Gasteiger partial charge in [0.15, 0.2) is 11.5 Å². The predicted octanol–water partition coefficient (Wildman–Crippen LogP) is 6.29. The Hall–Kier alpha value is -6.32. The normalized spacial score (nSPS) is 18.1. The second-order valence-electron chi connectivity index (χ2n) is 15.8. The van der Waals surface area contributed by atoms with Gasteiger partial charge in [-0.3, -0.25) is 9.59 Å². The van der Waals surface area contributed by atoms with Crippen LogP contribution in [-0.2, 0) is 19.1 Å². The summed E-state index contributed by atoms with van der Waals surface area (Å²) >= 11 is 0. The van der Waals surface area contributed by atoms with Crippen LogP contribution < -0.4 is 10.6 Å². The molecule has 302 valence electrons. The number of alkyl carbamates (subject to hydrolysis) is 2. The topological polar surface area (TPSA) is 200 Å². The van der Waals surface area contributed by atoms with Crippen molar-refractivity contribution in [1.29, 1.82) is 0 Å². The fourth-order valence-corrected chi connectivity index (χ4v) is 8.40. The number of fused-ring (bicyclic) bond motifs is 6. The number of H-pyrrole nitrogens is 2. The van der Waals surface area contributed by atoms with Crippen molar-refractivity contribution in [1.82, 2.24) is 50.3 Å². The summed E-state index contributed by atoms with van der Waals surface area (Å²) in [6.07, 6.45) is 5.54. The molecule has 2 aliphatic heterocycles. The Labute approximate surface area is 334 Å². The van der Waals surface area contributed by atoms with Gasteiger partial charge in [0.05, 0.1) is 37.3 Å². The smallest absolute Gasteiger partial charge is 0.407 e. The maximum absolute atomic E-state index is 13.7. The number of hydrogen-bond acceptors (Lipinski definition) is 10. The molecule has 4 aromatic heterocycles. The Kier molecular flexibility index (Phi) is 10.3. The summed E-state index contributed by atoms with van der Waals surface area (Å²) in [5, 5.41) is 9.14.